The third-order valence-electron chi connectivity index (χ3n) is 3.22. The molecule has 2 rings (SSSR count). The van der Waals surface area contributed by atoms with E-state index in [1.807, 2.05) is 13.8 Å². The van der Waals surface area contributed by atoms with Gasteiger partial charge in [-0.2, -0.15) is 0 Å². The molecule has 5 heteroatoms. The molecule has 1 aromatic carbocycles. The van der Waals surface area contributed by atoms with Gasteiger partial charge in [0.15, 0.2) is 6.61 Å². The summed E-state index contributed by atoms with van der Waals surface area (Å²) in [7, 11) is 0. The summed E-state index contributed by atoms with van der Waals surface area (Å²) in [6, 6.07) is 5.18. The van der Waals surface area contributed by atoms with Gasteiger partial charge in [0.25, 0.3) is 5.91 Å². The summed E-state index contributed by atoms with van der Waals surface area (Å²) >= 11 is 5.83. The van der Waals surface area contributed by atoms with Gasteiger partial charge >= 0.3 is 5.97 Å². The smallest absolute Gasteiger partial charge is 0.309 e. The van der Waals surface area contributed by atoms with Gasteiger partial charge in [-0.25, -0.2) is 0 Å². The molecule has 1 aromatic rings. The van der Waals surface area contributed by atoms with Crippen LogP contribution in [0.2, 0.25) is 5.02 Å². The Morgan fingerprint density at radius 1 is 1.47 bits per heavy atom. The minimum atomic E-state index is -0.341. The molecule has 0 radical (unpaired) electrons. The standard InChI is InChI=1S/C14H16ClNO3/c1-8-6-11(8)14(18)19-7-13(17)16-12-4-3-10(15)5-9(12)2/h3-5,8,11H,6-7H2,1-2H3,(H,16,17)/t8-,11-/m0/s1. The van der Waals surface area contributed by atoms with E-state index in [0.29, 0.717) is 16.6 Å². The second kappa shape index (κ2) is 5.61. The molecule has 1 aliphatic carbocycles. The fourth-order valence-corrected chi connectivity index (χ4v) is 2.07. The van der Waals surface area contributed by atoms with Crippen molar-refractivity contribution in [3.05, 3.63) is 28.8 Å². The molecule has 19 heavy (non-hydrogen) atoms. The van der Waals surface area contributed by atoms with Gasteiger partial charge in [-0.1, -0.05) is 18.5 Å². The number of nitrogens with one attached hydrogen (secondary N) is 1. The Bertz CT molecular complexity index is 515. The molecule has 0 aromatic heterocycles. The lowest BCUT2D eigenvalue weighted by molar-refractivity contribution is -0.148. The van der Waals surface area contributed by atoms with Crippen LogP contribution in [-0.4, -0.2) is 18.5 Å². The van der Waals surface area contributed by atoms with Crippen LogP contribution in [0.15, 0.2) is 18.2 Å². The Balaban J connectivity index is 1.82. The highest BCUT2D eigenvalue weighted by molar-refractivity contribution is 6.30. The SMILES string of the molecule is Cc1cc(Cl)ccc1NC(=O)COC(=O)[C@H]1C[C@@H]1C. The van der Waals surface area contributed by atoms with Crippen LogP contribution in [0.4, 0.5) is 5.69 Å². The maximum absolute atomic E-state index is 11.7. The van der Waals surface area contributed by atoms with E-state index >= 15 is 0 Å². The number of carbonyl (C=O) groups excluding carboxylic acids is 2. The first-order valence-corrected chi connectivity index (χ1v) is 6.58. The number of esters is 1. The summed E-state index contributed by atoms with van der Waals surface area (Å²) in [5.41, 5.74) is 1.54. The number of carbonyl (C=O) groups is 2. The summed E-state index contributed by atoms with van der Waals surface area (Å²) in [5.74, 6) is -0.262. The molecular weight excluding hydrogens is 266 g/mol. The van der Waals surface area contributed by atoms with E-state index in [1.54, 1.807) is 18.2 Å². The summed E-state index contributed by atoms with van der Waals surface area (Å²) in [6.45, 7) is 3.59. The number of anilines is 1. The minimum Gasteiger partial charge on any atom is -0.455 e. The summed E-state index contributed by atoms with van der Waals surface area (Å²) in [4.78, 5) is 23.1. The lowest BCUT2D eigenvalue weighted by atomic mass is 10.2. The van der Waals surface area contributed by atoms with Gasteiger partial charge in [0.05, 0.1) is 5.92 Å². The molecule has 1 saturated carbocycles. The molecule has 1 amide bonds. The number of amides is 1. The van der Waals surface area contributed by atoms with Crippen LogP contribution in [0.3, 0.4) is 0 Å². The van der Waals surface area contributed by atoms with Gasteiger partial charge in [0, 0.05) is 10.7 Å². The Morgan fingerprint density at radius 3 is 2.74 bits per heavy atom. The Kier molecular flexibility index (Phi) is 4.10. The van der Waals surface area contributed by atoms with E-state index < -0.39 is 0 Å². The van der Waals surface area contributed by atoms with Gasteiger partial charge in [-0.15, -0.1) is 0 Å². The van der Waals surface area contributed by atoms with Crippen molar-refractivity contribution in [3.63, 3.8) is 0 Å². The molecule has 1 fully saturated rings. The van der Waals surface area contributed by atoms with Crippen LogP contribution < -0.4 is 5.32 Å². The topological polar surface area (TPSA) is 55.4 Å². The van der Waals surface area contributed by atoms with Crippen molar-refractivity contribution < 1.29 is 14.3 Å². The molecule has 0 heterocycles. The number of ether oxygens (including phenoxy) is 1. The van der Waals surface area contributed by atoms with Gasteiger partial charge < -0.3 is 10.1 Å². The predicted octanol–water partition coefficient (Wildman–Crippen LogP) is 2.79. The monoisotopic (exact) mass is 281 g/mol. The van der Waals surface area contributed by atoms with Gasteiger partial charge in [-0.05, 0) is 43.0 Å². The molecular formula is C14H16ClNO3. The van der Waals surface area contributed by atoms with Crippen LogP contribution in [0.1, 0.15) is 18.9 Å². The number of hydrogen-bond donors (Lipinski definition) is 1. The van der Waals surface area contributed by atoms with E-state index in [4.69, 9.17) is 16.3 Å². The lowest BCUT2D eigenvalue weighted by Gasteiger charge is -2.09. The Morgan fingerprint density at radius 2 is 2.16 bits per heavy atom. The number of aryl methyl sites for hydroxylation is 1. The van der Waals surface area contributed by atoms with Crippen LogP contribution in [0, 0.1) is 18.8 Å². The van der Waals surface area contributed by atoms with E-state index in [1.165, 1.54) is 0 Å². The highest BCUT2D eigenvalue weighted by Gasteiger charge is 2.40. The average molecular weight is 282 g/mol. The van der Waals surface area contributed by atoms with Crippen molar-refractivity contribution in [2.75, 3.05) is 11.9 Å². The molecule has 0 aliphatic heterocycles. The van der Waals surface area contributed by atoms with Crippen molar-refractivity contribution in [1.29, 1.82) is 0 Å². The number of benzene rings is 1. The fraction of sp³-hybridized carbons (Fsp3) is 0.429. The van der Waals surface area contributed by atoms with E-state index in [2.05, 4.69) is 5.32 Å². The molecule has 102 valence electrons. The molecule has 0 saturated heterocycles. The van der Waals surface area contributed by atoms with E-state index in [-0.39, 0.29) is 24.4 Å². The Hall–Kier alpha value is -1.55. The van der Waals surface area contributed by atoms with Crippen molar-refractivity contribution >= 4 is 29.2 Å². The second-order valence-electron chi connectivity index (χ2n) is 4.93. The number of rotatable bonds is 4. The summed E-state index contributed by atoms with van der Waals surface area (Å²) in [5, 5.41) is 3.30. The Labute approximate surface area is 117 Å². The summed E-state index contributed by atoms with van der Waals surface area (Å²) < 4.78 is 4.96. The van der Waals surface area contributed by atoms with Gasteiger partial charge in [0.1, 0.15) is 0 Å². The second-order valence-corrected chi connectivity index (χ2v) is 5.37. The van der Waals surface area contributed by atoms with Gasteiger partial charge in [-0.3, -0.25) is 9.59 Å². The van der Waals surface area contributed by atoms with E-state index in [0.717, 1.165) is 12.0 Å². The largest absolute Gasteiger partial charge is 0.455 e. The first-order valence-electron chi connectivity index (χ1n) is 6.20. The first-order chi connectivity index (χ1) is 8.97. The zero-order valence-corrected chi connectivity index (χ0v) is 11.7. The van der Waals surface area contributed by atoms with Crippen LogP contribution in [0.25, 0.3) is 0 Å². The van der Waals surface area contributed by atoms with E-state index in [9.17, 15) is 9.59 Å². The lowest BCUT2D eigenvalue weighted by Crippen LogP contribution is -2.22. The first kappa shape index (κ1) is 13.9. The third kappa shape index (κ3) is 3.70. The van der Waals surface area contributed by atoms with Gasteiger partial charge in [0.2, 0.25) is 0 Å². The zero-order chi connectivity index (χ0) is 14.0. The molecule has 1 N–H and O–H groups in total. The quantitative estimate of drug-likeness (QED) is 0.864. The highest BCUT2D eigenvalue weighted by atomic mass is 35.5. The summed E-state index contributed by atoms with van der Waals surface area (Å²) in [6.07, 6.45) is 0.858. The molecule has 0 unspecified atom stereocenters. The van der Waals surface area contributed by atoms with Crippen molar-refractivity contribution in [2.24, 2.45) is 11.8 Å². The highest BCUT2D eigenvalue weighted by Crippen LogP contribution is 2.38. The normalized spacial score (nSPS) is 20.8. The maximum atomic E-state index is 11.7. The number of halogens is 1. The third-order valence-corrected chi connectivity index (χ3v) is 3.46. The minimum absolute atomic E-state index is 0.0231. The molecule has 2 atom stereocenters. The zero-order valence-electron chi connectivity index (χ0n) is 10.9. The van der Waals surface area contributed by atoms with Crippen molar-refractivity contribution in [3.8, 4) is 0 Å². The van der Waals surface area contributed by atoms with Crippen LogP contribution >= 0.6 is 11.6 Å². The van der Waals surface area contributed by atoms with Crippen LogP contribution in [-0.2, 0) is 14.3 Å². The van der Waals surface area contributed by atoms with Crippen molar-refractivity contribution in [2.45, 2.75) is 20.3 Å². The molecule has 4 nitrogen and oxygen atoms in total. The predicted molar refractivity (Wildman–Crippen MR) is 73.0 cm³/mol. The fourth-order valence-electron chi connectivity index (χ4n) is 1.85. The van der Waals surface area contributed by atoms with Crippen LogP contribution in [0.5, 0.6) is 0 Å². The van der Waals surface area contributed by atoms with Crippen molar-refractivity contribution in [1.82, 2.24) is 0 Å². The average Bonchev–Trinajstić information content (AvgIpc) is 3.07. The molecule has 1 aliphatic rings. The number of hydrogen-bond acceptors (Lipinski definition) is 3. The molecule has 0 spiro atoms. The molecule has 0 bridgehead atoms. The maximum Gasteiger partial charge on any atom is 0.309 e.